The fraction of sp³-hybridized carbons (Fsp3) is 0.182. The van der Waals surface area contributed by atoms with Crippen LogP contribution in [0.2, 0.25) is 0 Å². The minimum Gasteiger partial charge on any atom is -0.491 e. The van der Waals surface area contributed by atoms with Crippen LogP contribution in [0, 0.1) is 6.57 Å². The van der Waals surface area contributed by atoms with Crippen molar-refractivity contribution in [2.24, 2.45) is 0 Å². The van der Waals surface area contributed by atoms with E-state index in [1.54, 1.807) is 36.1 Å². The summed E-state index contributed by atoms with van der Waals surface area (Å²) in [6, 6.07) is 7.34. The van der Waals surface area contributed by atoms with Gasteiger partial charge in [-0.3, -0.25) is 9.20 Å². The van der Waals surface area contributed by atoms with Crippen molar-refractivity contribution < 1.29 is 17.9 Å². The molecule has 0 unspecified atom stereocenters. The van der Waals surface area contributed by atoms with E-state index in [9.17, 15) is 13.2 Å². The fourth-order valence-corrected chi connectivity index (χ4v) is 4.67. The molecule has 11 heteroatoms. The number of nitrogens with zero attached hydrogens (tertiary/aromatic N) is 5. The number of rotatable bonds is 3. The normalized spacial score (nSPS) is 15.2. The molecule has 5 rings (SSSR count). The lowest BCUT2D eigenvalue weighted by Gasteiger charge is -2.24. The van der Waals surface area contributed by atoms with Crippen LogP contribution in [0.3, 0.4) is 0 Å². The molecule has 2 aromatic carbocycles. The van der Waals surface area contributed by atoms with Crippen molar-refractivity contribution in [2.45, 2.75) is 10.9 Å². The maximum atomic E-state index is 13.5. The van der Waals surface area contributed by atoms with Gasteiger partial charge in [0.25, 0.3) is 0 Å². The van der Waals surface area contributed by atoms with Crippen molar-refractivity contribution in [2.75, 3.05) is 25.6 Å². The zero-order chi connectivity index (χ0) is 23.5. The largest absolute Gasteiger partial charge is 0.491 e. The molecular formula is C22H18N6O4S. The van der Waals surface area contributed by atoms with Crippen LogP contribution < -0.4 is 10.5 Å². The number of carbonyl (C=O) groups excluding carboxylic acids is 1. The second-order valence-electron chi connectivity index (χ2n) is 7.83. The van der Waals surface area contributed by atoms with Gasteiger partial charge < -0.3 is 15.4 Å². The molecule has 0 spiro atoms. The van der Waals surface area contributed by atoms with Gasteiger partial charge in [-0.2, -0.15) is 0 Å². The summed E-state index contributed by atoms with van der Waals surface area (Å²) in [6.45, 7) is 7.76. The lowest BCUT2D eigenvalue weighted by molar-refractivity contribution is 0.0710. The van der Waals surface area contributed by atoms with E-state index in [0.29, 0.717) is 27.9 Å². The highest BCUT2D eigenvalue weighted by Crippen LogP contribution is 2.38. The van der Waals surface area contributed by atoms with E-state index in [1.807, 2.05) is 0 Å². The Morgan fingerprint density at radius 1 is 1.30 bits per heavy atom. The third kappa shape index (κ3) is 3.23. The molecule has 0 aliphatic carbocycles. The van der Waals surface area contributed by atoms with E-state index >= 15 is 0 Å². The summed E-state index contributed by atoms with van der Waals surface area (Å²) in [5.41, 5.74) is 8.74. The minimum absolute atomic E-state index is 0.150. The molecular weight excluding hydrogens is 444 g/mol. The molecule has 0 saturated carbocycles. The summed E-state index contributed by atoms with van der Waals surface area (Å²) in [4.78, 5) is 27.1. The fourth-order valence-electron chi connectivity index (χ4n) is 4.03. The molecule has 33 heavy (non-hydrogen) atoms. The summed E-state index contributed by atoms with van der Waals surface area (Å²) in [6.07, 6.45) is 4.28. The summed E-state index contributed by atoms with van der Waals surface area (Å²) >= 11 is 0. The Kier molecular flexibility index (Phi) is 4.51. The molecule has 166 valence electrons. The number of fused-ring (bicyclic) bond motifs is 4. The van der Waals surface area contributed by atoms with Crippen LogP contribution >= 0.6 is 0 Å². The number of anilines is 1. The Morgan fingerprint density at radius 2 is 2.09 bits per heavy atom. The lowest BCUT2D eigenvalue weighted by atomic mass is 10.0. The van der Waals surface area contributed by atoms with Crippen molar-refractivity contribution in [3.8, 4) is 5.75 Å². The number of hydrogen-bond donors (Lipinski definition) is 1. The van der Waals surface area contributed by atoms with Gasteiger partial charge in [0.15, 0.2) is 9.84 Å². The number of hydrogen-bond acceptors (Lipinski definition) is 7. The number of aromatic nitrogens is 3. The van der Waals surface area contributed by atoms with Crippen LogP contribution in [0.1, 0.15) is 22.0 Å². The van der Waals surface area contributed by atoms with Crippen molar-refractivity contribution in [1.29, 1.82) is 0 Å². The highest BCUT2D eigenvalue weighted by molar-refractivity contribution is 7.90. The Hall–Kier alpha value is -4.17. The quantitative estimate of drug-likeness (QED) is 0.464. The Balaban J connectivity index is 1.57. The number of nitrogen functional groups attached to an aromatic ring is 1. The second kappa shape index (κ2) is 7.18. The topological polar surface area (TPSA) is 124 Å². The predicted octanol–water partition coefficient (Wildman–Crippen LogP) is 2.62. The summed E-state index contributed by atoms with van der Waals surface area (Å²) in [5, 5.41) is 0. The van der Waals surface area contributed by atoms with Crippen molar-refractivity contribution >= 4 is 43.8 Å². The predicted molar refractivity (Wildman–Crippen MR) is 121 cm³/mol. The molecule has 1 atom stereocenters. The van der Waals surface area contributed by atoms with Crippen LogP contribution in [0.5, 0.6) is 5.75 Å². The molecule has 10 nitrogen and oxygen atoms in total. The average Bonchev–Trinajstić information content (AvgIpc) is 3.44. The SMILES string of the molecule is [C-]#[N+]c1cc2nc(N)c3cncn3c2cc1C(=O)N(C)[C@@H]1COc2cc(S(C)(=O)=O)ccc21. The van der Waals surface area contributed by atoms with E-state index in [2.05, 4.69) is 14.8 Å². The van der Waals surface area contributed by atoms with E-state index < -0.39 is 15.9 Å². The van der Waals surface area contributed by atoms with Crippen LogP contribution in [0.25, 0.3) is 21.4 Å². The van der Waals surface area contributed by atoms with Gasteiger partial charge in [-0.05, 0) is 24.3 Å². The maximum absolute atomic E-state index is 13.5. The van der Waals surface area contributed by atoms with Gasteiger partial charge in [0, 0.05) is 24.4 Å². The molecule has 0 saturated heterocycles. The maximum Gasteiger partial charge on any atom is 0.243 e. The lowest BCUT2D eigenvalue weighted by Crippen LogP contribution is -2.32. The average molecular weight is 462 g/mol. The first kappa shape index (κ1) is 20.7. The molecule has 3 heterocycles. The minimum atomic E-state index is -3.38. The molecule has 1 amide bonds. The van der Waals surface area contributed by atoms with Gasteiger partial charge in [0.1, 0.15) is 23.7 Å². The summed E-state index contributed by atoms with van der Waals surface area (Å²) in [7, 11) is -1.76. The first-order valence-electron chi connectivity index (χ1n) is 9.85. The van der Waals surface area contributed by atoms with E-state index in [1.165, 1.54) is 23.1 Å². The molecule has 2 N–H and O–H groups in total. The number of imidazole rings is 1. The van der Waals surface area contributed by atoms with E-state index in [4.69, 9.17) is 17.0 Å². The first-order valence-corrected chi connectivity index (χ1v) is 11.7. The van der Waals surface area contributed by atoms with Gasteiger partial charge in [-0.25, -0.2) is 23.2 Å². The monoisotopic (exact) mass is 462 g/mol. The van der Waals surface area contributed by atoms with Crippen molar-refractivity contribution in [3.63, 3.8) is 0 Å². The Morgan fingerprint density at radius 3 is 2.82 bits per heavy atom. The molecule has 4 aromatic rings. The van der Waals surface area contributed by atoms with Gasteiger partial charge in [-0.1, -0.05) is 6.07 Å². The number of carbonyl (C=O) groups is 1. The highest BCUT2D eigenvalue weighted by Gasteiger charge is 2.32. The molecule has 2 aromatic heterocycles. The van der Waals surface area contributed by atoms with Crippen molar-refractivity contribution in [1.82, 2.24) is 19.3 Å². The summed E-state index contributed by atoms with van der Waals surface area (Å²) < 4.78 is 31.1. The number of ether oxygens (including phenoxy) is 1. The van der Waals surface area contributed by atoms with Gasteiger partial charge >= 0.3 is 0 Å². The number of nitrogens with two attached hydrogens (primary N) is 1. The van der Waals surface area contributed by atoms with Crippen molar-refractivity contribution in [3.05, 3.63) is 65.4 Å². The second-order valence-corrected chi connectivity index (χ2v) is 9.85. The Bertz CT molecular complexity index is 1620. The van der Waals surface area contributed by atoms with Gasteiger partial charge in [0.05, 0.1) is 41.1 Å². The number of likely N-dealkylation sites (N-methyl/N-ethyl adjacent to an activating group) is 1. The zero-order valence-electron chi connectivity index (χ0n) is 17.7. The van der Waals surface area contributed by atoms with Gasteiger partial charge in [-0.15, -0.1) is 0 Å². The number of amides is 1. The molecule has 0 bridgehead atoms. The third-order valence-electron chi connectivity index (χ3n) is 5.80. The number of sulfone groups is 1. The van der Waals surface area contributed by atoms with E-state index in [0.717, 1.165) is 6.26 Å². The molecule has 1 aliphatic heterocycles. The zero-order valence-corrected chi connectivity index (χ0v) is 18.5. The Labute approximate surface area is 189 Å². The molecule has 0 radical (unpaired) electrons. The number of benzene rings is 2. The molecule has 1 aliphatic rings. The van der Waals surface area contributed by atoms with Gasteiger partial charge in [0.2, 0.25) is 11.6 Å². The molecule has 0 fully saturated rings. The smallest absolute Gasteiger partial charge is 0.243 e. The first-order chi connectivity index (χ1) is 15.7. The standard InChI is InChI=1S/C22H18N6O4S/c1-24-15-8-16-17(28-11-25-9-18(28)21(23)26-16)7-14(15)22(29)27(2)19-10-32-20-6-12(33(3,30)31)4-5-13(19)20/h4-9,11,19H,10H2,2-3H3,(H2,23,26)/t19-/m1/s1. The van der Waals surface area contributed by atoms with Crippen LogP contribution in [-0.4, -0.2) is 53.5 Å². The van der Waals surface area contributed by atoms with Crippen LogP contribution in [-0.2, 0) is 9.84 Å². The summed E-state index contributed by atoms with van der Waals surface area (Å²) in [5.74, 6) is 0.327. The third-order valence-corrected chi connectivity index (χ3v) is 6.91. The highest BCUT2D eigenvalue weighted by atomic mass is 32.2. The van der Waals surface area contributed by atoms with Crippen LogP contribution in [0.4, 0.5) is 11.5 Å². The van der Waals surface area contributed by atoms with E-state index in [-0.39, 0.29) is 34.5 Å². The van der Waals surface area contributed by atoms with Crippen LogP contribution in [0.15, 0.2) is 47.8 Å².